The molecule has 0 radical (unpaired) electrons. The minimum absolute atomic E-state index is 0.101. The fraction of sp³-hybridized carbons (Fsp3) is 0.333. The lowest BCUT2D eigenvalue weighted by atomic mass is 9.94. The van der Waals surface area contributed by atoms with Gasteiger partial charge in [-0.3, -0.25) is 29.0 Å². The Balaban J connectivity index is 1.96. The lowest BCUT2D eigenvalue weighted by Crippen LogP contribution is -2.58. The number of rotatable bonds is 1. The summed E-state index contributed by atoms with van der Waals surface area (Å²) in [4.78, 5) is 50.5. The molecule has 0 aliphatic carbocycles. The Bertz CT molecular complexity index is 667. The molecular weight excluding hydrogens is 272 g/mol. The number of likely N-dealkylation sites (N-methyl/N-ethyl adjacent to an activating group) is 1. The van der Waals surface area contributed by atoms with Crippen LogP contribution in [0.2, 0.25) is 0 Å². The molecule has 6 nitrogen and oxygen atoms in total. The number of imide groups is 2. The van der Waals surface area contributed by atoms with Crippen LogP contribution in [0.3, 0.4) is 0 Å². The summed E-state index contributed by atoms with van der Waals surface area (Å²) >= 11 is 0. The van der Waals surface area contributed by atoms with Crippen molar-refractivity contribution in [2.24, 2.45) is 0 Å². The number of carbonyl (C=O) groups is 4. The molecule has 2 aliphatic heterocycles. The van der Waals surface area contributed by atoms with E-state index in [-0.39, 0.29) is 31.1 Å². The van der Waals surface area contributed by atoms with E-state index < -0.39 is 17.9 Å². The molecule has 21 heavy (non-hydrogen) atoms. The van der Waals surface area contributed by atoms with Crippen LogP contribution in [0.4, 0.5) is 0 Å². The fourth-order valence-corrected chi connectivity index (χ4v) is 2.83. The molecule has 1 atom stereocenters. The van der Waals surface area contributed by atoms with E-state index >= 15 is 0 Å². The number of benzene rings is 1. The summed E-state index contributed by atoms with van der Waals surface area (Å²) < 4.78 is 0. The van der Waals surface area contributed by atoms with Crippen LogP contribution in [-0.4, -0.2) is 46.5 Å². The number of hydrogen-bond donors (Lipinski definition) is 0. The first-order chi connectivity index (χ1) is 10.0. The van der Waals surface area contributed by atoms with Gasteiger partial charge in [-0.2, -0.15) is 0 Å². The lowest BCUT2D eigenvalue weighted by molar-refractivity contribution is -0.153. The highest BCUT2D eigenvalue weighted by Crippen LogP contribution is 2.25. The number of hydrogen-bond acceptors (Lipinski definition) is 4. The third-order valence-corrected chi connectivity index (χ3v) is 4.01. The van der Waals surface area contributed by atoms with Gasteiger partial charge < -0.3 is 0 Å². The smallest absolute Gasteiger partial charge is 0.261 e. The van der Waals surface area contributed by atoms with Crippen molar-refractivity contribution in [1.29, 1.82) is 0 Å². The van der Waals surface area contributed by atoms with E-state index in [4.69, 9.17) is 0 Å². The molecule has 108 valence electrons. The summed E-state index contributed by atoms with van der Waals surface area (Å²) in [5, 5.41) is 0. The Kier molecular flexibility index (Phi) is 3.08. The fourth-order valence-electron chi connectivity index (χ4n) is 2.83. The summed E-state index contributed by atoms with van der Waals surface area (Å²) in [5.41, 5.74) is 1.13. The van der Waals surface area contributed by atoms with Crippen LogP contribution in [0.5, 0.6) is 0 Å². The van der Waals surface area contributed by atoms with Crippen molar-refractivity contribution in [2.75, 3.05) is 7.05 Å². The maximum absolute atomic E-state index is 12.5. The molecule has 1 saturated heterocycles. The van der Waals surface area contributed by atoms with Crippen LogP contribution in [0.1, 0.15) is 28.8 Å². The minimum Gasteiger partial charge on any atom is -0.284 e. The van der Waals surface area contributed by atoms with Gasteiger partial charge in [-0.05, 0) is 18.1 Å². The highest BCUT2D eigenvalue weighted by Gasteiger charge is 2.43. The van der Waals surface area contributed by atoms with Gasteiger partial charge in [0, 0.05) is 19.0 Å². The highest BCUT2D eigenvalue weighted by molar-refractivity contribution is 6.13. The van der Waals surface area contributed by atoms with Gasteiger partial charge in [0.15, 0.2) is 0 Å². The Morgan fingerprint density at radius 2 is 1.76 bits per heavy atom. The number of nitrogens with zero attached hydrogens (tertiary/aromatic N) is 2. The monoisotopic (exact) mass is 286 g/mol. The van der Waals surface area contributed by atoms with Crippen molar-refractivity contribution in [1.82, 2.24) is 9.80 Å². The zero-order chi connectivity index (χ0) is 15.1. The van der Waals surface area contributed by atoms with Crippen LogP contribution in [0.25, 0.3) is 0 Å². The molecule has 3 rings (SSSR count). The Hall–Kier alpha value is -2.50. The molecule has 1 aromatic carbocycles. The summed E-state index contributed by atoms with van der Waals surface area (Å²) in [6.07, 6.45) is 0.455. The second-order valence-electron chi connectivity index (χ2n) is 5.25. The van der Waals surface area contributed by atoms with Crippen LogP contribution >= 0.6 is 0 Å². The molecule has 0 saturated carbocycles. The first-order valence-electron chi connectivity index (χ1n) is 6.75. The van der Waals surface area contributed by atoms with E-state index in [1.54, 1.807) is 24.3 Å². The van der Waals surface area contributed by atoms with E-state index in [1.807, 2.05) is 0 Å². The average molecular weight is 286 g/mol. The molecule has 0 aromatic heterocycles. The molecule has 0 spiro atoms. The molecule has 1 unspecified atom stereocenters. The van der Waals surface area contributed by atoms with Gasteiger partial charge in [0.2, 0.25) is 11.8 Å². The van der Waals surface area contributed by atoms with Crippen molar-refractivity contribution in [2.45, 2.75) is 25.3 Å². The summed E-state index contributed by atoms with van der Waals surface area (Å²) in [6.45, 7) is 0. The topological polar surface area (TPSA) is 74.8 Å². The number of fused-ring (bicyclic) bond motifs is 1. The van der Waals surface area contributed by atoms with E-state index in [0.29, 0.717) is 11.1 Å². The van der Waals surface area contributed by atoms with Gasteiger partial charge >= 0.3 is 0 Å². The Labute approximate surface area is 121 Å². The predicted octanol–water partition coefficient (Wildman–Crippen LogP) is 0.359. The Morgan fingerprint density at radius 3 is 2.52 bits per heavy atom. The number of carbonyl (C=O) groups excluding carboxylic acids is 4. The SMILES string of the molecule is CN1C(=O)CCC(N2C(=O)Cc3ccccc3C2=O)C1=O. The zero-order valence-corrected chi connectivity index (χ0v) is 11.5. The van der Waals surface area contributed by atoms with Crippen LogP contribution in [0, 0.1) is 0 Å². The van der Waals surface area contributed by atoms with Gasteiger partial charge in [-0.25, -0.2) is 0 Å². The Morgan fingerprint density at radius 1 is 1.05 bits per heavy atom. The minimum atomic E-state index is -0.874. The molecule has 6 heteroatoms. The molecular formula is C15H14N2O4. The number of amides is 4. The van der Waals surface area contributed by atoms with Gasteiger partial charge in [0.1, 0.15) is 6.04 Å². The van der Waals surface area contributed by atoms with Gasteiger partial charge in [0.05, 0.1) is 6.42 Å². The lowest BCUT2D eigenvalue weighted by Gasteiger charge is -2.37. The largest absolute Gasteiger partial charge is 0.284 e. The molecule has 0 bridgehead atoms. The van der Waals surface area contributed by atoms with Gasteiger partial charge in [0.25, 0.3) is 11.8 Å². The van der Waals surface area contributed by atoms with E-state index in [2.05, 4.69) is 0 Å². The standard InChI is InChI=1S/C15H14N2O4/c1-16-12(18)7-6-11(15(16)21)17-13(19)8-9-4-2-3-5-10(9)14(17)20/h2-5,11H,6-8H2,1H3. The third kappa shape index (κ3) is 2.03. The second kappa shape index (κ2) is 4.80. The van der Waals surface area contributed by atoms with Crippen molar-refractivity contribution < 1.29 is 19.2 Å². The summed E-state index contributed by atoms with van der Waals surface area (Å²) in [5.74, 6) is -1.62. The van der Waals surface area contributed by atoms with Crippen molar-refractivity contribution in [3.05, 3.63) is 35.4 Å². The second-order valence-corrected chi connectivity index (χ2v) is 5.25. The molecule has 2 heterocycles. The molecule has 0 N–H and O–H groups in total. The molecule has 4 amide bonds. The zero-order valence-electron chi connectivity index (χ0n) is 11.5. The maximum atomic E-state index is 12.5. The molecule has 1 aromatic rings. The summed E-state index contributed by atoms with van der Waals surface area (Å²) in [6, 6.07) is 6.01. The third-order valence-electron chi connectivity index (χ3n) is 4.01. The molecule has 2 aliphatic rings. The van der Waals surface area contributed by atoms with Crippen molar-refractivity contribution in [3.63, 3.8) is 0 Å². The predicted molar refractivity (Wildman–Crippen MR) is 72.1 cm³/mol. The summed E-state index contributed by atoms with van der Waals surface area (Å²) in [7, 11) is 1.38. The first-order valence-corrected chi connectivity index (χ1v) is 6.75. The van der Waals surface area contributed by atoms with E-state index in [9.17, 15) is 19.2 Å². The quantitative estimate of drug-likeness (QED) is 0.699. The normalized spacial score (nSPS) is 22.6. The van der Waals surface area contributed by atoms with Crippen LogP contribution < -0.4 is 0 Å². The molecule has 1 fully saturated rings. The van der Waals surface area contributed by atoms with E-state index in [1.165, 1.54) is 7.05 Å². The average Bonchev–Trinajstić information content (AvgIpc) is 2.47. The van der Waals surface area contributed by atoms with Crippen LogP contribution in [0.15, 0.2) is 24.3 Å². The van der Waals surface area contributed by atoms with Gasteiger partial charge in [-0.15, -0.1) is 0 Å². The van der Waals surface area contributed by atoms with Crippen molar-refractivity contribution >= 4 is 23.6 Å². The van der Waals surface area contributed by atoms with E-state index in [0.717, 1.165) is 9.80 Å². The van der Waals surface area contributed by atoms with Gasteiger partial charge in [-0.1, -0.05) is 18.2 Å². The van der Waals surface area contributed by atoms with Crippen molar-refractivity contribution in [3.8, 4) is 0 Å². The van der Waals surface area contributed by atoms with Crippen LogP contribution in [-0.2, 0) is 20.8 Å². The first kappa shape index (κ1) is 13.5. The maximum Gasteiger partial charge on any atom is 0.261 e. The number of piperidine rings is 1. The number of likely N-dealkylation sites (tertiary alicyclic amines) is 1. The highest BCUT2D eigenvalue weighted by atomic mass is 16.2.